The van der Waals surface area contributed by atoms with Crippen molar-refractivity contribution in [1.29, 1.82) is 0 Å². The Morgan fingerprint density at radius 3 is 2.76 bits per heavy atom. The van der Waals surface area contributed by atoms with Crippen molar-refractivity contribution < 1.29 is 4.79 Å². The average Bonchev–Trinajstić information content (AvgIpc) is 2.98. The summed E-state index contributed by atoms with van der Waals surface area (Å²) in [7, 11) is 0. The fourth-order valence-corrected chi connectivity index (χ4v) is 3.45. The van der Waals surface area contributed by atoms with Crippen LogP contribution in [0.25, 0.3) is 0 Å². The number of halogens is 1. The molecule has 4 heteroatoms. The highest BCUT2D eigenvalue weighted by atomic mass is 79.9. The molecule has 2 aromatic rings. The second-order valence-corrected chi connectivity index (χ2v) is 7.46. The zero-order valence-electron chi connectivity index (χ0n) is 12.4. The van der Waals surface area contributed by atoms with Crippen molar-refractivity contribution in [3.05, 3.63) is 56.7 Å². The van der Waals surface area contributed by atoms with Gasteiger partial charge in [-0.25, -0.2) is 0 Å². The Morgan fingerprint density at radius 2 is 2.10 bits per heavy atom. The van der Waals surface area contributed by atoms with Gasteiger partial charge in [0.1, 0.15) is 0 Å². The van der Waals surface area contributed by atoms with Gasteiger partial charge in [-0.15, -0.1) is 11.3 Å². The minimum atomic E-state index is -0.454. The number of thiophene rings is 1. The molecule has 0 atom stereocenters. The van der Waals surface area contributed by atoms with Gasteiger partial charge in [-0.3, -0.25) is 4.79 Å². The number of carbonyl (C=O) groups is 1. The molecule has 1 aromatic heterocycles. The highest BCUT2D eigenvalue weighted by Crippen LogP contribution is 2.27. The summed E-state index contributed by atoms with van der Waals surface area (Å²) in [6, 6.07) is 12.3. The van der Waals surface area contributed by atoms with Crippen molar-refractivity contribution in [3.63, 3.8) is 0 Å². The van der Waals surface area contributed by atoms with E-state index in [1.165, 1.54) is 5.56 Å². The Bertz CT molecular complexity index is 593. The van der Waals surface area contributed by atoms with E-state index in [0.29, 0.717) is 6.54 Å². The molecule has 0 aliphatic rings. The Hall–Kier alpha value is -1.13. The molecule has 1 aromatic carbocycles. The van der Waals surface area contributed by atoms with Crippen molar-refractivity contribution in [2.24, 2.45) is 0 Å². The normalized spacial score (nSPS) is 11.4. The van der Waals surface area contributed by atoms with E-state index >= 15 is 0 Å². The van der Waals surface area contributed by atoms with Crippen LogP contribution in [0, 0.1) is 0 Å². The third-order valence-electron chi connectivity index (χ3n) is 3.52. The lowest BCUT2D eigenvalue weighted by atomic mass is 9.90. The third kappa shape index (κ3) is 4.42. The van der Waals surface area contributed by atoms with E-state index in [9.17, 15) is 4.79 Å². The number of hydrogen-bond donors (Lipinski definition) is 1. The van der Waals surface area contributed by atoms with Gasteiger partial charge in [0.2, 0.25) is 5.91 Å². The topological polar surface area (TPSA) is 29.1 Å². The van der Waals surface area contributed by atoms with E-state index in [4.69, 9.17) is 0 Å². The van der Waals surface area contributed by atoms with Gasteiger partial charge in [-0.2, -0.15) is 0 Å². The first-order valence-electron chi connectivity index (χ1n) is 7.07. The van der Waals surface area contributed by atoms with Crippen LogP contribution in [-0.4, -0.2) is 12.5 Å². The quantitative estimate of drug-likeness (QED) is 0.748. The largest absolute Gasteiger partial charge is 0.355 e. The van der Waals surface area contributed by atoms with Crippen LogP contribution in [0.5, 0.6) is 0 Å². The smallest absolute Gasteiger partial charge is 0.230 e. The van der Waals surface area contributed by atoms with E-state index < -0.39 is 5.41 Å². The van der Waals surface area contributed by atoms with E-state index in [1.54, 1.807) is 11.3 Å². The molecule has 0 spiro atoms. The molecule has 0 saturated heterocycles. The van der Waals surface area contributed by atoms with Crippen LogP contribution in [0.1, 0.15) is 30.7 Å². The van der Waals surface area contributed by atoms with Crippen molar-refractivity contribution in [2.75, 3.05) is 6.54 Å². The van der Waals surface area contributed by atoms with Crippen LogP contribution >= 0.6 is 27.3 Å². The lowest BCUT2D eigenvalue weighted by Crippen LogP contribution is -2.40. The number of amides is 1. The molecule has 0 bridgehead atoms. The predicted molar refractivity (Wildman–Crippen MR) is 92.8 cm³/mol. The molecule has 2 nitrogen and oxygen atoms in total. The van der Waals surface area contributed by atoms with E-state index in [0.717, 1.165) is 22.2 Å². The maximum atomic E-state index is 12.3. The zero-order chi connectivity index (χ0) is 15.3. The fourth-order valence-electron chi connectivity index (χ4n) is 2.15. The number of carbonyl (C=O) groups excluding carboxylic acids is 1. The molecule has 0 saturated carbocycles. The fraction of sp³-hybridized carbons (Fsp3) is 0.353. The first kappa shape index (κ1) is 16.2. The maximum absolute atomic E-state index is 12.3. The van der Waals surface area contributed by atoms with Crippen LogP contribution < -0.4 is 5.32 Å². The summed E-state index contributed by atoms with van der Waals surface area (Å²) >= 11 is 5.10. The van der Waals surface area contributed by atoms with Crippen molar-refractivity contribution >= 4 is 33.2 Å². The highest BCUT2D eigenvalue weighted by molar-refractivity contribution is 9.10. The number of rotatable bonds is 6. The summed E-state index contributed by atoms with van der Waals surface area (Å²) in [5.74, 6) is 0.0965. The molecule has 1 amide bonds. The first-order chi connectivity index (χ1) is 10.00. The van der Waals surface area contributed by atoms with Crippen molar-refractivity contribution in [3.8, 4) is 0 Å². The summed E-state index contributed by atoms with van der Waals surface area (Å²) < 4.78 is 1.10. The molecule has 0 aliphatic carbocycles. The highest BCUT2D eigenvalue weighted by Gasteiger charge is 2.30. The van der Waals surface area contributed by atoms with Crippen molar-refractivity contribution in [2.45, 2.75) is 32.1 Å². The minimum Gasteiger partial charge on any atom is -0.355 e. The van der Waals surface area contributed by atoms with Gasteiger partial charge in [0.05, 0.1) is 5.41 Å². The summed E-state index contributed by atoms with van der Waals surface area (Å²) in [6.07, 6.45) is 1.92. The van der Waals surface area contributed by atoms with Gasteiger partial charge < -0.3 is 5.32 Å². The summed E-state index contributed by atoms with van der Waals surface area (Å²) in [5.41, 5.74) is 0.834. The number of nitrogens with one attached hydrogen (secondary N) is 1. The zero-order valence-corrected chi connectivity index (χ0v) is 14.8. The standard InChI is InChI=1S/C17H20BrNOS/c1-17(2,15-9-5-11-21-15)16(20)19-10-4-7-13-6-3-8-14(18)12-13/h3,5-6,8-9,11-12H,4,7,10H2,1-2H3,(H,19,20). The number of benzene rings is 1. The molecule has 0 radical (unpaired) electrons. The van der Waals surface area contributed by atoms with Gasteiger partial charge in [-0.1, -0.05) is 34.1 Å². The lowest BCUT2D eigenvalue weighted by molar-refractivity contribution is -0.125. The Kier molecular flexibility index (Phi) is 5.59. The molecule has 2 rings (SSSR count). The van der Waals surface area contributed by atoms with Gasteiger partial charge in [-0.05, 0) is 55.8 Å². The van der Waals surface area contributed by atoms with E-state index in [1.807, 2.05) is 43.5 Å². The van der Waals surface area contributed by atoms with Crippen LogP contribution in [0.2, 0.25) is 0 Å². The molecule has 0 aliphatic heterocycles. The Morgan fingerprint density at radius 1 is 1.29 bits per heavy atom. The SMILES string of the molecule is CC(C)(C(=O)NCCCc1cccc(Br)c1)c1cccs1. The summed E-state index contributed by atoms with van der Waals surface area (Å²) in [5, 5.41) is 5.06. The maximum Gasteiger partial charge on any atom is 0.230 e. The second-order valence-electron chi connectivity index (χ2n) is 5.59. The molecule has 0 fully saturated rings. The van der Waals surface area contributed by atoms with Crippen LogP contribution in [-0.2, 0) is 16.6 Å². The lowest BCUT2D eigenvalue weighted by Gasteiger charge is -2.22. The molecule has 112 valence electrons. The molecular formula is C17H20BrNOS. The van der Waals surface area contributed by atoms with Gasteiger partial charge in [0.15, 0.2) is 0 Å². The summed E-state index contributed by atoms with van der Waals surface area (Å²) in [6.45, 7) is 4.66. The monoisotopic (exact) mass is 365 g/mol. The molecular weight excluding hydrogens is 346 g/mol. The Labute approximate surface area is 138 Å². The first-order valence-corrected chi connectivity index (χ1v) is 8.74. The predicted octanol–water partition coefficient (Wildman–Crippen LogP) is 4.54. The van der Waals surface area contributed by atoms with Gasteiger partial charge in [0, 0.05) is 15.9 Å². The molecule has 0 unspecified atom stereocenters. The van der Waals surface area contributed by atoms with Crippen molar-refractivity contribution in [1.82, 2.24) is 5.32 Å². The molecule has 1 heterocycles. The van der Waals surface area contributed by atoms with Crippen LogP contribution in [0.4, 0.5) is 0 Å². The number of hydrogen-bond acceptors (Lipinski definition) is 2. The van der Waals surface area contributed by atoms with E-state index in [-0.39, 0.29) is 5.91 Å². The van der Waals surface area contributed by atoms with Gasteiger partial charge in [0.25, 0.3) is 0 Å². The second kappa shape index (κ2) is 7.23. The van der Waals surface area contributed by atoms with Crippen LogP contribution in [0.3, 0.4) is 0 Å². The molecule has 21 heavy (non-hydrogen) atoms. The number of aryl methyl sites for hydroxylation is 1. The van der Waals surface area contributed by atoms with Crippen LogP contribution in [0.15, 0.2) is 46.3 Å². The third-order valence-corrected chi connectivity index (χ3v) is 5.21. The summed E-state index contributed by atoms with van der Waals surface area (Å²) in [4.78, 5) is 13.4. The molecule has 1 N–H and O–H groups in total. The minimum absolute atomic E-state index is 0.0965. The Balaban J connectivity index is 1.79. The average molecular weight is 366 g/mol. The van der Waals surface area contributed by atoms with Gasteiger partial charge >= 0.3 is 0 Å². The van der Waals surface area contributed by atoms with E-state index in [2.05, 4.69) is 33.4 Å².